The molecule has 0 bridgehead atoms. The highest BCUT2D eigenvalue weighted by molar-refractivity contribution is 7.90. The van der Waals surface area contributed by atoms with Gasteiger partial charge in [-0.15, -0.1) is 0 Å². The first-order valence-electron chi connectivity index (χ1n) is 10.2. The topological polar surface area (TPSA) is 73.2 Å². The summed E-state index contributed by atoms with van der Waals surface area (Å²) in [7, 11) is -2.08. The van der Waals surface area contributed by atoms with Gasteiger partial charge in [-0.05, 0) is 35.9 Å². The lowest BCUT2D eigenvalue weighted by molar-refractivity contribution is 0.0165. The maximum atomic E-state index is 14.6. The van der Waals surface area contributed by atoms with E-state index in [1.165, 1.54) is 43.5 Å². The molecule has 0 unspecified atom stereocenters. The van der Waals surface area contributed by atoms with Gasteiger partial charge in [0.15, 0.2) is 9.84 Å². The standard InChI is InChI=1S/C24H22F3N3O3S/c1-24(26,27)18-7-5-4-6-15(18)14-30-22-11-9-17(34(3,31)32)13-21(22)29-23(30)28-20-10-8-16(33-2)12-19(20)25/h4-13H,14H2,1-3H3,(H,28,29). The zero-order chi connectivity index (χ0) is 24.7. The van der Waals surface area contributed by atoms with Crippen molar-refractivity contribution in [1.82, 2.24) is 9.55 Å². The van der Waals surface area contributed by atoms with Crippen LogP contribution in [0, 0.1) is 5.82 Å². The third-order valence-corrected chi connectivity index (χ3v) is 6.50. The van der Waals surface area contributed by atoms with E-state index in [9.17, 15) is 21.6 Å². The van der Waals surface area contributed by atoms with Crippen molar-refractivity contribution in [2.75, 3.05) is 18.7 Å². The number of imidazole rings is 1. The molecule has 0 aliphatic carbocycles. The van der Waals surface area contributed by atoms with E-state index in [0.717, 1.165) is 13.2 Å². The number of ether oxygens (including phenoxy) is 1. The normalized spacial score (nSPS) is 12.2. The highest BCUT2D eigenvalue weighted by Crippen LogP contribution is 2.33. The molecule has 4 aromatic rings. The number of methoxy groups -OCH3 is 1. The minimum Gasteiger partial charge on any atom is -0.497 e. The number of hydrogen-bond acceptors (Lipinski definition) is 5. The lowest BCUT2D eigenvalue weighted by Gasteiger charge is -2.18. The van der Waals surface area contributed by atoms with Gasteiger partial charge in [0, 0.05) is 24.8 Å². The van der Waals surface area contributed by atoms with Crippen LogP contribution < -0.4 is 10.1 Å². The molecule has 0 saturated carbocycles. The van der Waals surface area contributed by atoms with Crippen LogP contribution in [0.5, 0.6) is 5.75 Å². The fourth-order valence-corrected chi connectivity index (χ4v) is 4.34. The number of aromatic nitrogens is 2. The number of fused-ring (bicyclic) bond motifs is 1. The molecule has 4 rings (SSSR count). The summed E-state index contributed by atoms with van der Waals surface area (Å²) < 4.78 is 73.8. The molecule has 0 spiro atoms. The second-order valence-electron chi connectivity index (χ2n) is 7.96. The van der Waals surface area contributed by atoms with E-state index >= 15 is 0 Å². The van der Waals surface area contributed by atoms with Crippen molar-refractivity contribution in [3.8, 4) is 5.75 Å². The van der Waals surface area contributed by atoms with E-state index in [2.05, 4.69) is 10.3 Å². The Morgan fingerprint density at radius 1 is 1.09 bits per heavy atom. The predicted molar refractivity (Wildman–Crippen MR) is 124 cm³/mol. The van der Waals surface area contributed by atoms with E-state index in [1.54, 1.807) is 28.8 Å². The van der Waals surface area contributed by atoms with Crippen molar-refractivity contribution in [1.29, 1.82) is 0 Å². The third-order valence-electron chi connectivity index (χ3n) is 5.39. The van der Waals surface area contributed by atoms with Crippen LogP contribution >= 0.6 is 0 Å². The maximum absolute atomic E-state index is 14.6. The Bertz CT molecular complexity index is 1480. The van der Waals surface area contributed by atoms with Crippen molar-refractivity contribution in [2.24, 2.45) is 0 Å². The van der Waals surface area contributed by atoms with E-state index in [1.807, 2.05) is 0 Å². The van der Waals surface area contributed by atoms with Crippen LogP contribution in [0.3, 0.4) is 0 Å². The molecule has 0 aliphatic heterocycles. The van der Waals surface area contributed by atoms with Crippen LogP contribution in [-0.4, -0.2) is 31.3 Å². The number of rotatable bonds is 7. The molecule has 1 aromatic heterocycles. The molecule has 178 valence electrons. The van der Waals surface area contributed by atoms with Gasteiger partial charge in [-0.1, -0.05) is 24.3 Å². The van der Waals surface area contributed by atoms with Crippen LogP contribution in [0.15, 0.2) is 65.6 Å². The summed E-state index contributed by atoms with van der Waals surface area (Å²) in [5.74, 6) is -3.19. The first-order valence-corrected chi connectivity index (χ1v) is 12.1. The average molecular weight is 490 g/mol. The van der Waals surface area contributed by atoms with Gasteiger partial charge < -0.3 is 14.6 Å². The number of nitrogens with zero attached hydrogens (tertiary/aromatic N) is 2. The second-order valence-corrected chi connectivity index (χ2v) is 9.98. The molecule has 0 aliphatic rings. The van der Waals surface area contributed by atoms with Crippen molar-refractivity contribution in [2.45, 2.75) is 24.3 Å². The molecule has 0 fully saturated rings. The summed E-state index contributed by atoms with van der Waals surface area (Å²) >= 11 is 0. The Morgan fingerprint density at radius 2 is 1.82 bits per heavy atom. The summed E-state index contributed by atoms with van der Waals surface area (Å²) in [5.41, 5.74) is 1.11. The minimum atomic E-state index is -3.50. The largest absolute Gasteiger partial charge is 0.497 e. The number of sulfone groups is 1. The molecule has 34 heavy (non-hydrogen) atoms. The van der Waals surface area contributed by atoms with Crippen molar-refractivity contribution >= 4 is 32.5 Å². The van der Waals surface area contributed by atoms with Gasteiger partial charge in [-0.3, -0.25) is 0 Å². The molecule has 3 aromatic carbocycles. The third kappa shape index (κ3) is 4.72. The van der Waals surface area contributed by atoms with E-state index in [4.69, 9.17) is 4.74 Å². The smallest absolute Gasteiger partial charge is 0.270 e. The fourth-order valence-electron chi connectivity index (χ4n) is 3.70. The van der Waals surface area contributed by atoms with Crippen molar-refractivity contribution in [3.63, 3.8) is 0 Å². The first-order chi connectivity index (χ1) is 16.0. The predicted octanol–water partition coefficient (Wildman–Crippen LogP) is 5.49. The second kappa shape index (κ2) is 8.68. The Hall–Kier alpha value is -3.53. The first kappa shape index (κ1) is 23.6. The number of benzene rings is 3. The number of alkyl halides is 2. The SMILES string of the molecule is COc1ccc(Nc2nc3cc(S(C)(=O)=O)ccc3n2Cc2ccccc2C(C)(F)F)c(F)c1. The molecule has 0 atom stereocenters. The molecule has 0 amide bonds. The number of nitrogens with one attached hydrogen (secondary N) is 1. The van der Waals surface area contributed by atoms with Crippen LogP contribution in [0.1, 0.15) is 18.1 Å². The van der Waals surface area contributed by atoms with Gasteiger partial charge in [0.25, 0.3) is 5.92 Å². The van der Waals surface area contributed by atoms with E-state index in [0.29, 0.717) is 22.3 Å². The van der Waals surface area contributed by atoms with Gasteiger partial charge in [-0.25, -0.2) is 26.6 Å². The number of hydrogen-bond donors (Lipinski definition) is 1. The summed E-state index contributed by atoms with van der Waals surface area (Å²) in [6.45, 7) is 0.816. The highest BCUT2D eigenvalue weighted by atomic mass is 32.2. The van der Waals surface area contributed by atoms with E-state index in [-0.39, 0.29) is 28.6 Å². The summed E-state index contributed by atoms with van der Waals surface area (Å²) in [6.07, 6.45) is 1.08. The monoisotopic (exact) mass is 489 g/mol. The van der Waals surface area contributed by atoms with Gasteiger partial charge in [0.1, 0.15) is 11.6 Å². The maximum Gasteiger partial charge on any atom is 0.270 e. The summed E-state index contributed by atoms with van der Waals surface area (Å²) in [4.78, 5) is 4.52. The Labute approximate surface area is 194 Å². The van der Waals surface area contributed by atoms with Crippen LogP contribution in [0.2, 0.25) is 0 Å². The molecule has 0 radical (unpaired) electrons. The summed E-state index contributed by atoms with van der Waals surface area (Å²) in [5, 5.41) is 2.90. The van der Waals surface area contributed by atoms with Crippen LogP contribution in [0.4, 0.5) is 24.8 Å². The number of halogens is 3. The zero-order valence-electron chi connectivity index (χ0n) is 18.6. The summed E-state index contributed by atoms with van der Waals surface area (Å²) in [6, 6.07) is 14.7. The molecule has 1 N–H and O–H groups in total. The quantitative estimate of drug-likeness (QED) is 0.372. The van der Waals surface area contributed by atoms with Crippen molar-refractivity contribution in [3.05, 3.63) is 77.6 Å². The average Bonchev–Trinajstić information content (AvgIpc) is 3.10. The molecule has 10 heteroatoms. The molecular weight excluding hydrogens is 467 g/mol. The van der Waals surface area contributed by atoms with E-state index < -0.39 is 21.6 Å². The molecular formula is C24H22F3N3O3S. The van der Waals surface area contributed by atoms with Gasteiger partial charge in [-0.2, -0.15) is 0 Å². The van der Waals surface area contributed by atoms with Crippen LogP contribution in [0.25, 0.3) is 11.0 Å². The highest BCUT2D eigenvalue weighted by Gasteiger charge is 2.28. The Kier molecular flexibility index (Phi) is 6.03. The van der Waals surface area contributed by atoms with Gasteiger partial charge >= 0.3 is 0 Å². The zero-order valence-corrected chi connectivity index (χ0v) is 19.5. The molecule has 6 nitrogen and oxygen atoms in total. The number of anilines is 2. The minimum absolute atomic E-state index is 0.00552. The Balaban J connectivity index is 1.87. The Morgan fingerprint density at radius 3 is 2.47 bits per heavy atom. The van der Waals surface area contributed by atoms with Crippen molar-refractivity contribution < 1.29 is 26.3 Å². The van der Waals surface area contributed by atoms with Gasteiger partial charge in [0.2, 0.25) is 5.95 Å². The lowest BCUT2D eigenvalue weighted by Crippen LogP contribution is -2.14. The fraction of sp³-hybridized carbons (Fsp3) is 0.208. The molecule has 1 heterocycles. The molecule has 0 saturated heterocycles. The van der Waals surface area contributed by atoms with Crippen LogP contribution in [-0.2, 0) is 22.3 Å². The van der Waals surface area contributed by atoms with Gasteiger partial charge in [0.05, 0.1) is 35.3 Å². The lowest BCUT2D eigenvalue weighted by atomic mass is 10.0.